The topological polar surface area (TPSA) is 87.2 Å². The predicted molar refractivity (Wildman–Crippen MR) is 107 cm³/mol. The molecule has 2 aromatic carbocycles. The van der Waals surface area contributed by atoms with Crippen molar-refractivity contribution in [2.24, 2.45) is 0 Å². The van der Waals surface area contributed by atoms with Gasteiger partial charge in [0.05, 0.1) is 26.3 Å². The molecule has 0 spiro atoms. The van der Waals surface area contributed by atoms with Crippen molar-refractivity contribution in [2.75, 3.05) is 25.3 Å². The number of methoxy groups -OCH3 is 2. The third-order valence-corrected chi connectivity index (χ3v) is 5.30. The van der Waals surface area contributed by atoms with Crippen LogP contribution in [0.2, 0.25) is 0 Å². The number of ether oxygens (including phenoxy) is 2. The molecule has 3 N–H and O–H groups in total. The fourth-order valence-corrected chi connectivity index (χ4v) is 3.71. The minimum absolute atomic E-state index is 0.0282. The summed E-state index contributed by atoms with van der Waals surface area (Å²) in [4.78, 5) is 4.35. The fourth-order valence-electron chi connectivity index (χ4n) is 3.45. The molecule has 1 aliphatic heterocycles. The van der Waals surface area contributed by atoms with E-state index in [0.717, 1.165) is 16.5 Å². The van der Waals surface area contributed by atoms with Crippen LogP contribution < -0.4 is 20.5 Å². The first-order valence-corrected chi connectivity index (χ1v) is 9.34. The second-order valence-electron chi connectivity index (χ2n) is 6.35. The van der Waals surface area contributed by atoms with Crippen LogP contribution in [0.4, 0.5) is 11.9 Å². The quantitative estimate of drug-likeness (QED) is 0.655. The van der Waals surface area contributed by atoms with E-state index in [1.54, 1.807) is 14.2 Å². The second kappa shape index (κ2) is 7.11. The highest BCUT2D eigenvalue weighted by molar-refractivity contribution is 9.10. The number of hydrogen-bond acceptors (Lipinski definition) is 6. The van der Waals surface area contributed by atoms with Crippen molar-refractivity contribution in [1.82, 2.24) is 14.8 Å². The number of benzene rings is 2. The highest BCUT2D eigenvalue weighted by Crippen LogP contribution is 2.40. The van der Waals surface area contributed by atoms with E-state index in [-0.39, 0.29) is 18.0 Å². The number of nitrogens with two attached hydrogens (primary N) is 1. The first kappa shape index (κ1) is 17.7. The number of nitrogens with zero attached hydrogens (tertiary/aromatic N) is 3. The lowest BCUT2D eigenvalue weighted by Gasteiger charge is -2.32. The van der Waals surface area contributed by atoms with Crippen LogP contribution in [-0.2, 0) is 0 Å². The molecule has 8 heteroatoms. The summed E-state index contributed by atoms with van der Waals surface area (Å²) in [6, 6.07) is 14.3. The zero-order valence-corrected chi connectivity index (χ0v) is 16.6. The minimum atomic E-state index is -0.0282. The highest BCUT2D eigenvalue weighted by atomic mass is 79.9. The van der Waals surface area contributed by atoms with Crippen molar-refractivity contribution in [3.05, 3.63) is 58.1 Å². The number of halogens is 1. The van der Waals surface area contributed by atoms with Gasteiger partial charge in [0.25, 0.3) is 0 Å². The Morgan fingerprint density at radius 1 is 1.07 bits per heavy atom. The summed E-state index contributed by atoms with van der Waals surface area (Å²) >= 11 is 3.49. The fraction of sp³-hybridized carbons (Fsp3) is 0.263. The summed E-state index contributed by atoms with van der Waals surface area (Å²) in [5, 5.41) is 7.83. The van der Waals surface area contributed by atoms with Gasteiger partial charge in [-0.1, -0.05) is 34.1 Å². The molecular weight excluding hydrogens is 410 g/mol. The van der Waals surface area contributed by atoms with Crippen molar-refractivity contribution in [3.8, 4) is 11.5 Å². The summed E-state index contributed by atoms with van der Waals surface area (Å²) in [6.07, 6.45) is 0.799. The zero-order chi connectivity index (χ0) is 19.0. The number of aromatic nitrogens is 3. The van der Waals surface area contributed by atoms with Gasteiger partial charge in [0.1, 0.15) is 0 Å². The molecule has 0 fully saturated rings. The Balaban J connectivity index is 1.75. The summed E-state index contributed by atoms with van der Waals surface area (Å²) in [5.74, 6) is 2.28. The van der Waals surface area contributed by atoms with Gasteiger partial charge < -0.3 is 20.5 Å². The van der Waals surface area contributed by atoms with Crippen molar-refractivity contribution >= 4 is 27.8 Å². The molecule has 2 heterocycles. The molecule has 3 aromatic rings. The third-order valence-electron chi connectivity index (χ3n) is 4.77. The van der Waals surface area contributed by atoms with Crippen molar-refractivity contribution in [1.29, 1.82) is 0 Å². The zero-order valence-electron chi connectivity index (χ0n) is 15.0. The average molecular weight is 430 g/mol. The Kier molecular flexibility index (Phi) is 4.65. The van der Waals surface area contributed by atoms with Crippen LogP contribution >= 0.6 is 15.9 Å². The van der Waals surface area contributed by atoms with Gasteiger partial charge in [0.2, 0.25) is 11.9 Å². The largest absolute Gasteiger partial charge is 0.493 e. The van der Waals surface area contributed by atoms with Crippen molar-refractivity contribution < 1.29 is 9.47 Å². The molecule has 1 aromatic heterocycles. The SMILES string of the molecule is COc1ccc(C2CC(c3ccc(Br)cc3)Nc3nc(N)nn32)cc1OC. The first-order chi connectivity index (χ1) is 13.1. The highest BCUT2D eigenvalue weighted by Gasteiger charge is 2.31. The van der Waals surface area contributed by atoms with Gasteiger partial charge in [0.15, 0.2) is 11.5 Å². The van der Waals surface area contributed by atoms with E-state index in [1.807, 2.05) is 35.0 Å². The molecule has 7 nitrogen and oxygen atoms in total. The number of nitrogens with one attached hydrogen (secondary N) is 1. The molecule has 2 unspecified atom stereocenters. The third kappa shape index (κ3) is 3.32. The second-order valence-corrected chi connectivity index (χ2v) is 7.27. The molecule has 0 saturated carbocycles. The van der Waals surface area contributed by atoms with Gasteiger partial charge in [-0.2, -0.15) is 4.98 Å². The van der Waals surface area contributed by atoms with Crippen LogP contribution in [0.5, 0.6) is 11.5 Å². The first-order valence-electron chi connectivity index (χ1n) is 8.55. The van der Waals surface area contributed by atoms with E-state index in [1.165, 1.54) is 5.56 Å². The molecule has 0 amide bonds. The molecule has 140 valence electrons. The van der Waals surface area contributed by atoms with Crippen LogP contribution in [0.1, 0.15) is 29.6 Å². The van der Waals surface area contributed by atoms with Gasteiger partial charge >= 0.3 is 0 Å². The van der Waals surface area contributed by atoms with Gasteiger partial charge in [-0.05, 0) is 41.8 Å². The number of fused-ring (bicyclic) bond motifs is 1. The van der Waals surface area contributed by atoms with E-state index in [2.05, 4.69) is 43.5 Å². The van der Waals surface area contributed by atoms with Gasteiger partial charge in [-0.15, -0.1) is 5.10 Å². The van der Waals surface area contributed by atoms with Crippen molar-refractivity contribution in [2.45, 2.75) is 18.5 Å². The lowest BCUT2D eigenvalue weighted by Crippen LogP contribution is -2.28. The maximum atomic E-state index is 5.87. The van der Waals surface area contributed by atoms with Gasteiger partial charge in [0, 0.05) is 4.47 Å². The molecular formula is C19H20BrN5O2. The Labute approximate surface area is 165 Å². The average Bonchev–Trinajstić information content (AvgIpc) is 3.07. The van der Waals surface area contributed by atoms with Crippen LogP contribution in [0.15, 0.2) is 46.9 Å². The van der Waals surface area contributed by atoms with Crippen LogP contribution in [0.3, 0.4) is 0 Å². The monoisotopic (exact) mass is 429 g/mol. The molecule has 0 bridgehead atoms. The van der Waals surface area contributed by atoms with Gasteiger partial charge in [-0.3, -0.25) is 0 Å². The number of nitrogen functional groups attached to an aromatic ring is 1. The summed E-state index contributed by atoms with van der Waals surface area (Å²) in [5.41, 5.74) is 8.11. The van der Waals surface area contributed by atoms with E-state index in [0.29, 0.717) is 17.4 Å². The molecule has 2 atom stereocenters. The normalized spacial score (nSPS) is 18.5. The Morgan fingerprint density at radius 2 is 1.78 bits per heavy atom. The molecule has 0 radical (unpaired) electrons. The van der Waals surface area contributed by atoms with Crippen LogP contribution in [-0.4, -0.2) is 29.0 Å². The maximum Gasteiger partial charge on any atom is 0.241 e. The molecule has 0 aliphatic carbocycles. The Hall–Kier alpha value is -2.74. The van der Waals surface area contributed by atoms with E-state index in [4.69, 9.17) is 15.2 Å². The number of rotatable bonds is 4. The smallest absolute Gasteiger partial charge is 0.241 e. The Bertz CT molecular complexity index is 957. The van der Waals surface area contributed by atoms with E-state index in [9.17, 15) is 0 Å². The summed E-state index contributed by atoms with van der Waals surface area (Å²) in [7, 11) is 3.26. The molecule has 1 aliphatic rings. The Morgan fingerprint density at radius 3 is 2.48 bits per heavy atom. The lowest BCUT2D eigenvalue weighted by molar-refractivity contribution is 0.352. The summed E-state index contributed by atoms with van der Waals surface area (Å²) in [6.45, 7) is 0. The van der Waals surface area contributed by atoms with Crippen LogP contribution in [0.25, 0.3) is 0 Å². The van der Waals surface area contributed by atoms with Gasteiger partial charge in [-0.25, -0.2) is 4.68 Å². The maximum absolute atomic E-state index is 5.87. The molecule has 27 heavy (non-hydrogen) atoms. The standard InChI is InChI=1S/C19H20BrN5O2/c1-26-16-8-5-12(9-17(16)27-2)15-10-14(11-3-6-13(20)7-4-11)22-19-23-18(21)24-25(15)19/h3-9,14-15H,10H2,1-2H3,(H3,21,22,23,24). The molecule has 0 saturated heterocycles. The van der Waals surface area contributed by atoms with Crippen LogP contribution in [0, 0.1) is 0 Å². The van der Waals surface area contributed by atoms with E-state index < -0.39 is 0 Å². The minimum Gasteiger partial charge on any atom is -0.493 e. The molecule has 4 rings (SSSR count). The predicted octanol–water partition coefficient (Wildman–Crippen LogP) is 3.79. The summed E-state index contributed by atoms with van der Waals surface area (Å²) < 4.78 is 13.7. The van der Waals surface area contributed by atoms with E-state index >= 15 is 0 Å². The van der Waals surface area contributed by atoms with Crippen molar-refractivity contribution in [3.63, 3.8) is 0 Å². The number of hydrogen-bond donors (Lipinski definition) is 2. The number of anilines is 2. The lowest BCUT2D eigenvalue weighted by atomic mass is 9.93.